The minimum atomic E-state index is -1.53. The van der Waals surface area contributed by atoms with Gasteiger partial charge in [0.2, 0.25) is 0 Å². The van der Waals surface area contributed by atoms with Crippen LogP contribution in [-0.2, 0) is 0 Å². The normalized spacial score (nSPS) is 43.9. The van der Waals surface area contributed by atoms with Crippen LogP contribution in [-0.4, -0.2) is 8.07 Å². The van der Waals surface area contributed by atoms with Gasteiger partial charge in [-0.2, -0.15) is 0 Å². The Morgan fingerprint density at radius 3 is 2.35 bits per heavy atom. The van der Waals surface area contributed by atoms with Crippen molar-refractivity contribution in [3.05, 3.63) is 71.9 Å². The van der Waals surface area contributed by atoms with Gasteiger partial charge in [-0.15, -0.1) is 0 Å². The average Bonchev–Trinajstić information content (AvgIpc) is 3.41. The molecule has 10 atom stereocenters. The van der Waals surface area contributed by atoms with Gasteiger partial charge in [0.15, 0.2) is 0 Å². The highest BCUT2D eigenvalue weighted by Crippen LogP contribution is 2.66. The second-order valence-corrected chi connectivity index (χ2v) is 19.7. The molecule has 4 fully saturated rings. The Bertz CT molecular complexity index is 1050. The fourth-order valence-electron chi connectivity index (χ4n) is 11.5. The summed E-state index contributed by atoms with van der Waals surface area (Å²) in [6.07, 6.45) is 28.3. The van der Waals surface area contributed by atoms with E-state index in [1.54, 1.807) is 11.1 Å². The number of hydrogen-bond donors (Lipinski definition) is 0. The Kier molecular flexibility index (Phi) is 7.00. The topological polar surface area (TPSA) is 0 Å². The minimum Gasteiger partial charge on any atom is -0.0996 e. The molecule has 0 aromatic carbocycles. The van der Waals surface area contributed by atoms with E-state index in [-0.39, 0.29) is 0 Å². The first-order valence-corrected chi connectivity index (χ1v) is 19.1. The van der Waals surface area contributed by atoms with Gasteiger partial charge in [0.25, 0.3) is 0 Å². The third-order valence-electron chi connectivity index (χ3n) is 12.5. The van der Waals surface area contributed by atoms with Crippen LogP contribution in [0, 0.1) is 47.3 Å². The number of hydrogen-bond acceptors (Lipinski definition) is 0. The molecule has 0 radical (unpaired) electrons. The van der Waals surface area contributed by atoms with Crippen LogP contribution in [0.2, 0.25) is 24.2 Å². The molecule has 0 bridgehead atoms. The predicted octanol–water partition coefficient (Wildman–Crippen LogP) is 10.5. The molecule has 4 saturated carbocycles. The van der Waals surface area contributed by atoms with Crippen LogP contribution >= 0.6 is 0 Å². The summed E-state index contributed by atoms with van der Waals surface area (Å²) >= 11 is 0. The van der Waals surface area contributed by atoms with Crippen LogP contribution in [0.1, 0.15) is 78.1 Å². The van der Waals surface area contributed by atoms with E-state index in [0.717, 1.165) is 58.9 Å². The largest absolute Gasteiger partial charge is 0.0996 e. The first-order chi connectivity index (χ1) is 17.8. The van der Waals surface area contributed by atoms with E-state index in [0.29, 0.717) is 5.92 Å². The summed E-state index contributed by atoms with van der Waals surface area (Å²) in [6.45, 7) is 20.1. The lowest BCUT2D eigenvalue weighted by Gasteiger charge is -2.48. The van der Waals surface area contributed by atoms with Gasteiger partial charge in [-0.1, -0.05) is 101 Å². The van der Waals surface area contributed by atoms with E-state index >= 15 is 0 Å². The Hall–Kier alpha value is -1.34. The monoisotopic (exact) mass is 512 g/mol. The second kappa shape index (κ2) is 10.00. The standard InChI is InChI=1S/C36H52Si/c1-23-13-7-9-15-27(23)29-17-11-19-31-33(29)21-25(3)35(31)37(5,6)36-26(4)22-34-30(18-12-20-32(34)36)28-16-10-8-14-24(28)2/h7,9,11,15,17,19,25-26,28,30-36H,1-2,8,10,12-14,16,18,20-22H2,3-6H3/t25?,26-,28-,30-,31?,32?,33?,34?,35-,36?/m1/s1. The highest BCUT2D eigenvalue weighted by Gasteiger charge is 2.59. The lowest BCUT2D eigenvalue weighted by molar-refractivity contribution is 0.123. The van der Waals surface area contributed by atoms with Crippen LogP contribution < -0.4 is 0 Å². The molecule has 6 unspecified atom stereocenters. The molecule has 37 heavy (non-hydrogen) atoms. The summed E-state index contributed by atoms with van der Waals surface area (Å²) in [5.74, 6) is 6.93. The zero-order chi connectivity index (χ0) is 25.9. The van der Waals surface area contributed by atoms with Crippen molar-refractivity contribution in [2.45, 2.75) is 102 Å². The molecule has 6 aliphatic rings. The lowest BCUT2D eigenvalue weighted by Crippen LogP contribution is -2.47. The predicted molar refractivity (Wildman–Crippen MR) is 163 cm³/mol. The number of rotatable bonds is 4. The van der Waals surface area contributed by atoms with Gasteiger partial charge in [-0.3, -0.25) is 0 Å². The Labute approximate surface area is 229 Å². The second-order valence-electron chi connectivity index (χ2n) is 14.7. The van der Waals surface area contributed by atoms with Gasteiger partial charge in [0.05, 0.1) is 8.07 Å². The fourth-order valence-corrected chi connectivity index (χ4v) is 18.0. The third-order valence-corrected chi connectivity index (χ3v) is 17.9. The van der Waals surface area contributed by atoms with Crippen molar-refractivity contribution >= 4 is 8.07 Å². The number of fused-ring (bicyclic) bond motifs is 2. The summed E-state index contributed by atoms with van der Waals surface area (Å²) in [6, 6.07) is 0. The van der Waals surface area contributed by atoms with Gasteiger partial charge in [0, 0.05) is 0 Å². The van der Waals surface area contributed by atoms with Gasteiger partial charge in [0.1, 0.15) is 0 Å². The van der Waals surface area contributed by atoms with Crippen molar-refractivity contribution < 1.29 is 0 Å². The van der Waals surface area contributed by atoms with Gasteiger partial charge in [-0.05, 0) is 120 Å². The first-order valence-electron chi connectivity index (χ1n) is 15.9. The summed E-state index contributed by atoms with van der Waals surface area (Å²) in [4.78, 5) is 0. The average molecular weight is 513 g/mol. The Morgan fingerprint density at radius 1 is 0.784 bits per heavy atom. The lowest BCUT2D eigenvalue weighted by atomic mass is 9.64. The fraction of sp³-hybridized carbons (Fsp3) is 0.667. The van der Waals surface area contributed by atoms with Crippen LogP contribution in [0.25, 0.3) is 0 Å². The van der Waals surface area contributed by atoms with Crippen LogP contribution in [0.3, 0.4) is 0 Å². The van der Waals surface area contributed by atoms with E-state index < -0.39 is 8.07 Å². The molecule has 0 aliphatic heterocycles. The summed E-state index contributed by atoms with van der Waals surface area (Å²) < 4.78 is 0. The molecule has 0 aromatic rings. The van der Waals surface area contributed by atoms with Crippen molar-refractivity contribution in [2.24, 2.45) is 47.3 Å². The zero-order valence-corrected chi connectivity index (χ0v) is 25.2. The SMILES string of the molecule is C=C1CC=CC=C1C1=CC=CC2C1CC(C)[C@H]2[Si](C)(C)C1C2CCC[C@H]([C@@H]3CCCCC3=C)C2C[C@H]1C. The minimum absolute atomic E-state index is 0.698. The highest BCUT2D eigenvalue weighted by atomic mass is 28.3. The molecule has 0 heterocycles. The van der Waals surface area contributed by atoms with E-state index in [4.69, 9.17) is 0 Å². The summed E-state index contributed by atoms with van der Waals surface area (Å²) in [5.41, 5.74) is 7.90. The molecule has 0 spiro atoms. The molecule has 200 valence electrons. The van der Waals surface area contributed by atoms with Gasteiger partial charge < -0.3 is 0 Å². The third kappa shape index (κ3) is 4.31. The van der Waals surface area contributed by atoms with Crippen LogP contribution in [0.15, 0.2) is 71.9 Å². The molecule has 0 saturated heterocycles. The van der Waals surface area contributed by atoms with E-state index in [9.17, 15) is 0 Å². The first kappa shape index (κ1) is 25.9. The van der Waals surface area contributed by atoms with Crippen molar-refractivity contribution in [1.82, 2.24) is 0 Å². The number of allylic oxidation sites excluding steroid dienone is 10. The van der Waals surface area contributed by atoms with Gasteiger partial charge >= 0.3 is 0 Å². The van der Waals surface area contributed by atoms with Crippen molar-refractivity contribution in [3.63, 3.8) is 0 Å². The smallest absolute Gasteiger partial charge is 0.0550 e. The van der Waals surface area contributed by atoms with E-state index in [1.165, 1.54) is 68.9 Å². The maximum absolute atomic E-state index is 4.62. The highest BCUT2D eigenvalue weighted by molar-refractivity contribution is 6.80. The summed E-state index contributed by atoms with van der Waals surface area (Å²) in [7, 11) is -1.53. The molecule has 0 amide bonds. The van der Waals surface area contributed by atoms with Crippen LogP contribution in [0.5, 0.6) is 0 Å². The quantitative estimate of drug-likeness (QED) is 0.259. The molecule has 1 heteroatoms. The van der Waals surface area contributed by atoms with E-state index in [1.807, 2.05) is 0 Å². The molecule has 0 nitrogen and oxygen atoms in total. The molecule has 6 rings (SSSR count). The Morgan fingerprint density at radius 2 is 1.57 bits per heavy atom. The molecule has 6 aliphatic carbocycles. The molecular formula is C36H52Si. The van der Waals surface area contributed by atoms with E-state index in [2.05, 4.69) is 76.6 Å². The Balaban J connectivity index is 1.27. The van der Waals surface area contributed by atoms with Crippen molar-refractivity contribution in [1.29, 1.82) is 0 Å². The maximum Gasteiger partial charge on any atom is 0.0550 e. The van der Waals surface area contributed by atoms with Gasteiger partial charge in [-0.25, -0.2) is 0 Å². The van der Waals surface area contributed by atoms with Crippen LogP contribution in [0.4, 0.5) is 0 Å². The molecule has 0 aromatic heterocycles. The molecule has 0 N–H and O–H groups in total. The van der Waals surface area contributed by atoms with Crippen molar-refractivity contribution in [3.8, 4) is 0 Å². The summed E-state index contributed by atoms with van der Waals surface area (Å²) in [5, 5.41) is 0. The zero-order valence-electron chi connectivity index (χ0n) is 24.2. The van der Waals surface area contributed by atoms with Crippen molar-refractivity contribution in [2.75, 3.05) is 0 Å². The molecular weight excluding hydrogens is 460 g/mol. The maximum atomic E-state index is 4.62.